The monoisotopic (exact) mass is 426 g/mol. The van der Waals surface area contributed by atoms with Crippen LogP contribution in [0.25, 0.3) is 0 Å². The van der Waals surface area contributed by atoms with Crippen molar-refractivity contribution in [2.75, 3.05) is 13.2 Å². The molecule has 31 heavy (non-hydrogen) atoms. The lowest BCUT2D eigenvalue weighted by molar-refractivity contribution is -0.385. The van der Waals surface area contributed by atoms with Crippen molar-refractivity contribution in [2.24, 2.45) is 0 Å². The first-order valence-electron chi connectivity index (χ1n) is 9.30. The molecule has 2 aromatic carbocycles. The Morgan fingerprint density at radius 2 is 1.87 bits per heavy atom. The molecular weight excluding hydrogens is 408 g/mol. The van der Waals surface area contributed by atoms with Crippen LogP contribution < -0.4 is 4.74 Å². The molecule has 1 aliphatic heterocycles. The molecule has 2 aromatic rings. The predicted octanol–water partition coefficient (Wildman–Crippen LogP) is 2.54. The molecule has 0 N–H and O–H groups in total. The second-order valence-corrected chi connectivity index (χ2v) is 6.63. The minimum Gasteiger partial charge on any atom is -0.493 e. The first-order chi connectivity index (χ1) is 14.7. The van der Waals surface area contributed by atoms with E-state index in [0.29, 0.717) is 28.4 Å². The Kier molecular flexibility index (Phi) is 6.10. The Labute approximate surface area is 176 Å². The van der Waals surface area contributed by atoms with Crippen LogP contribution in [0, 0.1) is 10.1 Å². The van der Waals surface area contributed by atoms with Crippen LogP contribution in [-0.2, 0) is 16.1 Å². The van der Waals surface area contributed by atoms with E-state index in [1.807, 2.05) is 0 Å². The normalized spacial score (nSPS) is 12.5. The Hall–Kier alpha value is -4.08. The van der Waals surface area contributed by atoms with Gasteiger partial charge in [0.05, 0.1) is 17.1 Å². The van der Waals surface area contributed by atoms with Gasteiger partial charge in [-0.1, -0.05) is 6.07 Å². The van der Waals surface area contributed by atoms with Crippen LogP contribution in [0.3, 0.4) is 0 Å². The van der Waals surface area contributed by atoms with E-state index >= 15 is 0 Å². The number of amides is 2. The van der Waals surface area contributed by atoms with Crippen LogP contribution in [0.2, 0.25) is 0 Å². The zero-order valence-electron chi connectivity index (χ0n) is 16.7. The lowest BCUT2D eigenvalue weighted by atomic mass is 10.1. The number of ketones is 1. The lowest BCUT2D eigenvalue weighted by Crippen LogP contribution is -2.35. The van der Waals surface area contributed by atoms with Crippen LogP contribution in [0.15, 0.2) is 36.4 Å². The van der Waals surface area contributed by atoms with Crippen LogP contribution in [0.5, 0.6) is 5.75 Å². The number of hydrogen-bond donors (Lipinski definition) is 0. The topological polar surface area (TPSA) is 133 Å². The third kappa shape index (κ3) is 4.27. The number of Topliss-reactive ketones (excluding diaryl/α,β-unsaturated/α-hetero) is 1. The number of nitro benzene ring substituents is 1. The largest absolute Gasteiger partial charge is 0.493 e. The molecule has 160 valence electrons. The lowest BCUT2D eigenvalue weighted by Gasteiger charge is -2.15. The molecule has 0 atom stereocenters. The molecule has 10 heteroatoms. The fourth-order valence-corrected chi connectivity index (χ4v) is 3.15. The number of hydrogen-bond acceptors (Lipinski definition) is 8. The van der Waals surface area contributed by atoms with E-state index in [0.717, 1.165) is 6.07 Å². The van der Waals surface area contributed by atoms with Crippen LogP contribution in [0.4, 0.5) is 5.69 Å². The highest BCUT2D eigenvalue weighted by molar-refractivity contribution is 6.24. The molecule has 0 fully saturated rings. The van der Waals surface area contributed by atoms with Gasteiger partial charge in [0.25, 0.3) is 17.5 Å². The van der Waals surface area contributed by atoms with E-state index in [1.165, 1.54) is 25.1 Å². The number of esters is 1. The highest BCUT2D eigenvalue weighted by Crippen LogP contribution is 2.30. The van der Waals surface area contributed by atoms with Crippen molar-refractivity contribution < 1.29 is 33.6 Å². The molecule has 0 aliphatic carbocycles. The molecular formula is C21H18N2O8. The summed E-state index contributed by atoms with van der Waals surface area (Å²) in [5.41, 5.74) is -0.143. The third-order valence-electron chi connectivity index (χ3n) is 4.62. The molecule has 0 saturated carbocycles. The number of benzene rings is 2. The van der Waals surface area contributed by atoms with Gasteiger partial charge in [-0.25, -0.2) is 0 Å². The van der Waals surface area contributed by atoms with Crippen LogP contribution in [-0.4, -0.2) is 46.5 Å². The highest BCUT2D eigenvalue weighted by Gasteiger charge is 2.41. The summed E-state index contributed by atoms with van der Waals surface area (Å²) in [6.45, 7) is 2.57. The number of ether oxygens (including phenoxy) is 2. The first kappa shape index (κ1) is 21.6. The highest BCUT2D eigenvalue weighted by atomic mass is 16.6. The summed E-state index contributed by atoms with van der Waals surface area (Å²) >= 11 is 0. The van der Waals surface area contributed by atoms with Crippen molar-refractivity contribution in [3.8, 4) is 5.75 Å². The number of carbonyl (C=O) groups is 4. The summed E-state index contributed by atoms with van der Waals surface area (Å²) in [5.74, 6) is -2.39. The maximum Gasteiger partial charge on any atom is 0.326 e. The van der Waals surface area contributed by atoms with Gasteiger partial charge in [0, 0.05) is 17.2 Å². The summed E-state index contributed by atoms with van der Waals surface area (Å²) in [5, 5.41) is 11.2. The molecule has 0 bridgehead atoms. The number of imide groups is 1. The minimum atomic E-state index is -0.933. The summed E-state index contributed by atoms with van der Waals surface area (Å²) in [7, 11) is 0. The zero-order valence-corrected chi connectivity index (χ0v) is 16.7. The standard InChI is InChI=1S/C21H18N2O8/c1-3-30-17-8-7-13(12(2)24)9-14(17)11-31-18(25)10-22-20(26)15-5-4-6-16(23(28)29)19(15)21(22)27/h4-9H,3,10-11H2,1-2H3. The van der Waals surface area contributed by atoms with Crippen molar-refractivity contribution in [1.82, 2.24) is 4.90 Å². The average Bonchev–Trinajstić information content (AvgIpc) is 2.97. The quantitative estimate of drug-likeness (QED) is 0.207. The molecule has 10 nitrogen and oxygen atoms in total. The van der Waals surface area contributed by atoms with Gasteiger partial charge in [0.15, 0.2) is 5.78 Å². The molecule has 0 saturated heterocycles. The smallest absolute Gasteiger partial charge is 0.326 e. The molecule has 0 aromatic heterocycles. The van der Waals surface area contributed by atoms with Crippen molar-refractivity contribution in [3.63, 3.8) is 0 Å². The summed E-state index contributed by atoms with van der Waals surface area (Å²) in [6.07, 6.45) is 0. The van der Waals surface area contributed by atoms with Crippen molar-refractivity contribution >= 4 is 29.3 Å². The number of nitro groups is 1. The van der Waals surface area contributed by atoms with E-state index in [1.54, 1.807) is 19.1 Å². The number of nitrogens with zero attached hydrogens (tertiary/aromatic N) is 2. The van der Waals surface area contributed by atoms with Gasteiger partial charge in [-0.2, -0.15) is 0 Å². The van der Waals surface area contributed by atoms with Gasteiger partial charge in [0.2, 0.25) is 0 Å². The molecule has 1 heterocycles. The second-order valence-electron chi connectivity index (χ2n) is 6.63. The van der Waals surface area contributed by atoms with E-state index in [-0.39, 0.29) is 23.5 Å². The van der Waals surface area contributed by atoms with Gasteiger partial charge in [-0.15, -0.1) is 0 Å². The Bertz CT molecular complexity index is 1110. The molecule has 0 radical (unpaired) electrons. The van der Waals surface area contributed by atoms with Crippen molar-refractivity contribution in [1.29, 1.82) is 0 Å². The van der Waals surface area contributed by atoms with Crippen molar-refractivity contribution in [2.45, 2.75) is 20.5 Å². The number of carbonyl (C=O) groups excluding carboxylic acids is 4. The molecule has 2 amide bonds. The van der Waals surface area contributed by atoms with E-state index in [2.05, 4.69) is 0 Å². The Balaban J connectivity index is 1.74. The van der Waals surface area contributed by atoms with E-state index in [9.17, 15) is 29.3 Å². The average molecular weight is 426 g/mol. The second kappa shape index (κ2) is 8.74. The SMILES string of the molecule is CCOc1ccc(C(C)=O)cc1COC(=O)CN1C(=O)c2cccc([N+](=O)[O-])c2C1=O. The first-order valence-corrected chi connectivity index (χ1v) is 9.30. The molecule has 3 rings (SSSR count). The molecule has 0 spiro atoms. The van der Waals surface area contributed by atoms with E-state index < -0.39 is 34.9 Å². The van der Waals surface area contributed by atoms with Crippen LogP contribution >= 0.6 is 0 Å². The van der Waals surface area contributed by atoms with Gasteiger partial charge in [0.1, 0.15) is 24.5 Å². The Morgan fingerprint density at radius 1 is 1.13 bits per heavy atom. The number of fused-ring (bicyclic) bond motifs is 1. The summed E-state index contributed by atoms with van der Waals surface area (Å²) in [4.78, 5) is 59.9. The zero-order chi connectivity index (χ0) is 22.7. The summed E-state index contributed by atoms with van der Waals surface area (Å²) in [6, 6.07) is 8.41. The molecule has 1 aliphatic rings. The van der Waals surface area contributed by atoms with Crippen molar-refractivity contribution in [3.05, 3.63) is 68.8 Å². The number of rotatable bonds is 8. The van der Waals surface area contributed by atoms with Gasteiger partial charge < -0.3 is 9.47 Å². The van der Waals surface area contributed by atoms with Gasteiger partial charge >= 0.3 is 5.97 Å². The maximum absolute atomic E-state index is 12.5. The molecule has 0 unspecified atom stereocenters. The summed E-state index contributed by atoms with van der Waals surface area (Å²) < 4.78 is 10.6. The third-order valence-corrected chi connectivity index (χ3v) is 4.62. The van der Waals surface area contributed by atoms with E-state index in [4.69, 9.17) is 9.47 Å². The maximum atomic E-state index is 12.5. The fourth-order valence-electron chi connectivity index (χ4n) is 3.15. The minimum absolute atomic E-state index is 0.139. The van der Waals surface area contributed by atoms with Gasteiger partial charge in [-0.3, -0.25) is 34.2 Å². The Morgan fingerprint density at radius 3 is 2.52 bits per heavy atom. The predicted molar refractivity (Wildman–Crippen MR) is 106 cm³/mol. The fraction of sp³-hybridized carbons (Fsp3) is 0.238. The van der Waals surface area contributed by atoms with Gasteiger partial charge in [-0.05, 0) is 38.1 Å². The van der Waals surface area contributed by atoms with Crippen LogP contribution in [0.1, 0.15) is 50.5 Å².